The summed E-state index contributed by atoms with van der Waals surface area (Å²) in [5, 5.41) is 8.70. The minimum Gasteiger partial charge on any atom is -0.314 e. The standard InChI is InChI=1S/C11H15N3O/c1-10(9-12)13(2)7-8-14-6-4-3-5-11(14)15/h3-6,10H,7-8H2,1-2H3. The van der Waals surface area contributed by atoms with Gasteiger partial charge in [-0.1, -0.05) is 6.07 Å². The van der Waals surface area contributed by atoms with E-state index in [0.29, 0.717) is 13.1 Å². The van der Waals surface area contributed by atoms with E-state index in [2.05, 4.69) is 6.07 Å². The van der Waals surface area contributed by atoms with Crippen LogP contribution in [0.2, 0.25) is 0 Å². The summed E-state index contributed by atoms with van der Waals surface area (Å²) in [7, 11) is 1.88. The third kappa shape index (κ3) is 3.22. The second-order valence-electron chi connectivity index (χ2n) is 3.52. The van der Waals surface area contributed by atoms with Gasteiger partial charge in [-0.15, -0.1) is 0 Å². The normalized spacial score (nSPS) is 12.4. The predicted molar refractivity (Wildman–Crippen MR) is 58.4 cm³/mol. The molecule has 4 heteroatoms. The van der Waals surface area contributed by atoms with E-state index < -0.39 is 0 Å². The number of nitriles is 1. The number of hydrogen-bond acceptors (Lipinski definition) is 3. The summed E-state index contributed by atoms with van der Waals surface area (Å²) < 4.78 is 1.64. The lowest BCUT2D eigenvalue weighted by Gasteiger charge is -2.19. The highest BCUT2D eigenvalue weighted by Gasteiger charge is 2.06. The summed E-state index contributed by atoms with van der Waals surface area (Å²) in [6.07, 6.45) is 1.76. The highest BCUT2D eigenvalue weighted by Crippen LogP contribution is 1.93. The van der Waals surface area contributed by atoms with Gasteiger partial charge < -0.3 is 4.57 Å². The van der Waals surface area contributed by atoms with Gasteiger partial charge in [-0.3, -0.25) is 9.69 Å². The Morgan fingerprint density at radius 1 is 1.60 bits per heavy atom. The van der Waals surface area contributed by atoms with Crippen molar-refractivity contribution in [3.05, 3.63) is 34.7 Å². The van der Waals surface area contributed by atoms with Gasteiger partial charge in [-0.25, -0.2) is 0 Å². The Bertz CT molecular complexity index is 405. The second-order valence-corrected chi connectivity index (χ2v) is 3.52. The topological polar surface area (TPSA) is 49.0 Å². The minimum absolute atomic E-state index is 0.00416. The van der Waals surface area contributed by atoms with Crippen LogP contribution in [0.25, 0.3) is 0 Å². The molecule has 0 aliphatic carbocycles. The number of rotatable bonds is 4. The molecule has 0 aliphatic rings. The fourth-order valence-corrected chi connectivity index (χ4v) is 1.20. The smallest absolute Gasteiger partial charge is 0.250 e. The number of aromatic nitrogens is 1. The van der Waals surface area contributed by atoms with Gasteiger partial charge in [0.25, 0.3) is 5.56 Å². The zero-order valence-corrected chi connectivity index (χ0v) is 9.05. The Kier molecular flexibility index (Phi) is 4.07. The number of nitrogens with zero attached hydrogens (tertiary/aromatic N) is 3. The van der Waals surface area contributed by atoms with E-state index >= 15 is 0 Å². The van der Waals surface area contributed by atoms with Gasteiger partial charge in [0.2, 0.25) is 0 Å². The van der Waals surface area contributed by atoms with Crippen LogP contribution < -0.4 is 5.56 Å². The first-order valence-corrected chi connectivity index (χ1v) is 4.90. The lowest BCUT2D eigenvalue weighted by atomic mass is 10.3. The summed E-state index contributed by atoms with van der Waals surface area (Å²) in [4.78, 5) is 13.3. The molecule has 0 spiro atoms. The van der Waals surface area contributed by atoms with Crippen LogP contribution >= 0.6 is 0 Å². The SMILES string of the molecule is CC(C#N)N(C)CCn1ccccc1=O. The first-order valence-electron chi connectivity index (χ1n) is 4.90. The lowest BCUT2D eigenvalue weighted by molar-refractivity contribution is 0.288. The number of likely N-dealkylation sites (N-methyl/N-ethyl adjacent to an activating group) is 1. The van der Waals surface area contributed by atoms with Crippen LogP contribution in [0.15, 0.2) is 29.2 Å². The van der Waals surface area contributed by atoms with Crippen LogP contribution in [0.4, 0.5) is 0 Å². The van der Waals surface area contributed by atoms with Crippen molar-refractivity contribution in [1.82, 2.24) is 9.47 Å². The van der Waals surface area contributed by atoms with E-state index in [0.717, 1.165) is 0 Å². The molecular weight excluding hydrogens is 190 g/mol. The van der Waals surface area contributed by atoms with Crippen molar-refractivity contribution in [2.24, 2.45) is 0 Å². The lowest BCUT2D eigenvalue weighted by Crippen LogP contribution is -2.33. The average molecular weight is 205 g/mol. The number of pyridine rings is 1. The van der Waals surface area contributed by atoms with Crippen molar-refractivity contribution in [2.75, 3.05) is 13.6 Å². The van der Waals surface area contributed by atoms with Gasteiger partial charge in [-0.2, -0.15) is 5.26 Å². The Morgan fingerprint density at radius 2 is 2.33 bits per heavy atom. The molecule has 0 aromatic carbocycles. The van der Waals surface area contributed by atoms with Crippen LogP contribution in [-0.4, -0.2) is 29.1 Å². The first kappa shape index (κ1) is 11.5. The third-order valence-electron chi connectivity index (χ3n) is 2.44. The van der Waals surface area contributed by atoms with Crippen molar-refractivity contribution in [1.29, 1.82) is 5.26 Å². The Labute approximate surface area is 89.4 Å². The monoisotopic (exact) mass is 205 g/mol. The third-order valence-corrected chi connectivity index (χ3v) is 2.44. The average Bonchev–Trinajstić information content (AvgIpc) is 2.26. The van der Waals surface area contributed by atoms with Gasteiger partial charge in [0.15, 0.2) is 0 Å². The summed E-state index contributed by atoms with van der Waals surface area (Å²) >= 11 is 0. The van der Waals surface area contributed by atoms with Crippen LogP contribution in [0.3, 0.4) is 0 Å². The molecule has 0 bridgehead atoms. The Balaban J connectivity index is 2.55. The van der Waals surface area contributed by atoms with Crippen LogP contribution in [-0.2, 0) is 6.54 Å². The van der Waals surface area contributed by atoms with Crippen LogP contribution in [0, 0.1) is 11.3 Å². The zero-order chi connectivity index (χ0) is 11.3. The van der Waals surface area contributed by atoms with Gasteiger partial charge in [0, 0.05) is 25.4 Å². The molecular formula is C11H15N3O. The van der Waals surface area contributed by atoms with Gasteiger partial charge >= 0.3 is 0 Å². The first-order chi connectivity index (χ1) is 7.15. The second kappa shape index (κ2) is 5.32. The van der Waals surface area contributed by atoms with Gasteiger partial charge in [-0.05, 0) is 20.0 Å². The molecule has 0 aliphatic heterocycles. The highest BCUT2D eigenvalue weighted by molar-refractivity contribution is 4.93. The summed E-state index contributed by atoms with van der Waals surface area (Å²) in [5.74, 6) is 0. The molecule has 1 unspecified atom stereocenters. The van der Waals surface area contributed by atoms with Crippen molar-refractivity contribution >= 4 is 0 Å². The van der Waals surface area contributed by atoms with Gasteiger partial charge in [0.1, 0.15) is 0 Å². The zero-order valence-electron chi connectivity index (χ0n) is 9.05. The fraction of sp³-hybridized carbons (Fsp3) is 0.455. The summed E-state index contributed by atoms with van der Waals surface area (Å²) in [6.45, 7) is 3.15. The molecule has 0 saturated heterocycles. The van der Waals surface area contributed by atoms with E-state index in [4.69, 9.17) is 5.26 Å². The van der Waals surface area contributed by atoms with Gasteiger partial charge in [0.05, 0.1) is 12.1 Å². The largest absolute Gasteiger partial charge is 0.314 e. The maximum atomic E-state index is 11.4. The van der Waals surface area contributed by atoms with Crippen molar-refractivity contribution in [3.63, 3.8) is 0 Å². The molecule has 0 N–H and O–H groups in total. The molecule has 0 amide bonds. The minimum atomic E-state index is -0.121. The van der Waals surface area contributed by atoms with E-state index in [1.54, 1.807) is 16.8 Å². The summed E-state index contributed by atoms with van der Waals surface area (Å²) in [6, 6.07) is 7.12. The Morgan fingerprint density at radius 3 is 2.93 bits per heavy atom. The van der Waals surface area contributed by atoms with Crippen molar-refractivity contribution < 1.29 is 0 Å². The van der Waals surface area contributed by atoms with Crippen molar-refractivity contribution in [2.45, 2.75) is 19.5 Å². The predicted octanol–water partition coefficient (Wildman–Crippen LogP) is 0.692. The van der Waals surface area contributed by atoms with E-state index in [-0.39, 0.29) is 11.6 Å². The highest BCUT2D eigenvalue weighted by atomic mass is 16.1. The van der Waals surface area contributed by atoms with Crippen LogP contribution in [0.5, 0.6) is 0 Å². The molecule has 1 heterocycles. The molecule has 0 radical (unpaired) electrons. The van der Waals surface area contributed by atoms with E-state index in [9.17, 15) is 4.79 Å². The summed E-state index contributed by atoms with van der Waals surface area (Å²) in [5.41, 5.74) is -0.00416. The molecule has 1 aromatic rings. The van der Waals surface area contributed by atoms with Crippen LogP contribution in [0.1, 0.15) is 6.92 Å². The molecule has 1 rings (SSSR count). The molecule has 0 saturated carbocycles. The molecule has 80 valence electrons. The molecule has 0 fully saturated rings. The molecule has 1 atom stereocenters. The maximum Gasteiger partial charge on any atom is 0.250 e. The number of hydrogen-bond donors (Lipinski definition) is 0. The quantitative estimate of drug-likeness (QED) is 0.726. The fourth-order valence-electron chi connectivity index (χ4n) is 1.20. The van der Waals surface area contributed by atoms with Crippen molar-refractivity contribution in [3.8, 4) is 6.07 Å². The molecule has 4 nitrogen and oxygen atoms in total. The van der Waals surface area contributed by atoms with E-state index in [1.807, 2.05) is 24.9 Å². The maximum absolute atomic E-state index is 11.4. The molecule has 1 aromatic heterocycles. The molecule has 15 heavy (non-hydrogen) atoms. The van der Waals surface area contributed by atoms with E-state index in [1.165, 1.54) is 6.07 Å². The Hall–Kier alpha value is -1.60.